The Morgan fingerprint density at radius 3 is 2.71 bits per heavy atom. The first-order valence-corrected chi connectivity index (χ1v) is 8.80. The van der Waals surface area contributed by atoms with Crippen LogP contribution in [0.5, 0.6) is 0 Å². The van der Waals surface area contributed by atoms with Gasteiger partial charge in [-0.15, -0.1) is 0 Å². The van der Waals surface area contributed by atoms with Crippen molar-refractivity contribution >= 4 is 0 Å². The largest absolute Gasteiger partial charge is 0.310 e. The molecule has 3 nitrogen and oxygen atoms in total. The van der Waals surface area contributed by atoms with E-state index in [1.54, 1.807) is 0 Å². The first-order chi connectivity index (χ1) is 10.0. The standard InChI is InChI=1S/C18H33N3/c1-6-21-16(5)18(15(4)20-21)14(3)19-11-10-17-9-7-8-13(2)12-17/h13-14,17,19H,6-12H2,1-5H3. The lowest BCUT2D eigenvalue weighted by atomic mass is 9.81. The van der Waals surface area contributed by atoms with Crippen molar-refractivity contribution in [1.82, 2.24) is 15.1 Å². The van der Waals surface area contributed by atoms with Gasteiger partial charge in [-0.05, 0) is 58.9 Å². The quantitative estimate of drug-likeness (QED) is 0.842. The zero-order chi connectivity index (χ0) is 15.4. The van der Waals surface area contributed by atoms with Gasteiger partial charge < -0.3 is 5.32 Å². The van der Waals surface area contributed by atoms with Crippen molar-refractivity contribution in [2.45, 2.75) is 79.3 Å². The Labute approximate surface area is 130 Å². The Morgan fingerprint density at radius 2 is 2.10 bits per heavy atom. The van der Waals surface area contributed by atoms with Crippen LogP contribution in [0.25, 0.3) is 0 Å². The van der Waals surface area contributed by atoms with Crippen LogP contribution < -0.4 is 5.32 Å². The predicted molar refractivity (Wildman–Crippen MR) is 89.5 cm³/mol. The van der Waals surface area contributed by atoms with Gasteiger partial charge in [0, 0.05) is 23.8 Å². The summed E-state index contributed by atoms with van der Waals surface area (Å²) >= 11 is 0. The average molecular weight is 291 g/mol. The van der Waals surface area contributed by atoms with Gasteiger partial charge in [-0.2, -0.15) is 5.10 Å². The molecule has 3 atom stereocenters. The lowest BCUT2D eigenvalue weighted by molar-refractivity contribution is 0.265. The van der Waals surface area contributed by atoms with E-state index in [1.807, 2.05) is 0 Å². The molecule has 0 aliphatic heterocycles. The minimum absolute atomic E-state index is 0.409. The van der Waals surface area contributed by atoms with E-state index in [2.05, 4.69) is 49.7 Å². The van der Waals surface area contributed by atoms with E-state index in [1.165, 1.54) is 49.1 Å². The van der Waals surface area contributed by atoms with E-state index in [0.717, 1.165) is 24.9 Å². The molecule has 0 spiro atoms. The normalized spacial score (nSPS) is 24.2. The fourth-order valence-electron chi connectivity index (χ4n) is 4.07. The Kier molecular flexibility index (Phi) is 5.86. The molecule has 1 aliphatic rings. The molecule has 1 heterocycles. The van der Waals surface area contributed by atoms with Gasteiger partial charge in [0.25, 0.3) is 0 Å². The highest BCUT2D eigenvalue weighted by molar-refractivity contribution is 5.27. The Balaban J connectivity index is 1.84. The number of aromatic nitrogens is 2. The summed E-state index contributed by atoms with van der Waals surface area (Å²) in [6, 6.07) is 0.409. The van der Waals surface area contributed by atoms with E-state index >= 15 is 0 Å². The molecule has 0 aromatic carbocycles. The van der Waals surface area contributed by atoms with Crippen molar-refractivity contribution in [1.29, 1.82) is 0 Å². The molecule has 1 aliphatic carbocycles. The molecule has 0 bridgehead atoms. The summed E-state index contributed by atoms with van der Waals surface area (Å²) in [7, 11) is 0. The van der Waals surface area contributed by atoms with Crippen molar-refractivity contribution in [2.24, 2.45) is 11.8 Å². The predicted octanol–water partition coefficient (Wildman–Crippen LogP) is 4.39. The molecule has 1 saturated carbocycles. The molecular weight excluding hydrogens is 258 g/mol. The van der Waals surface area contributed by atoms with Crippen LogP contribution in [-0.2, 0) is 6.54 Å². The monoisotopic (exact) mass is 291 g/mol. The molecule has 0 amide bonds. The van der Waals surface area contributed by atoms with Crippen LogP contribution in [0.4, 0.5) is 0 Å². The van der Waals surface area contributed by atoms with Gasteiger partial charge in [-0.25, -0.2) is 0 Å². The highest BCUT2D eigenvalue weighted by Crippen LogP contribution is 2.30. The summed E-state index contributed by atoms with van der Waals surface area (Å²) in [5.41, 5.74) is 3.90. The number of hydrogen-bond acceptors (Lipinski definition) is 2. The number of nitrogens with one attached hydrogen (secondary N) is 1. The summed E-state index contributed by atoms with van der Waals surface area (Å²) in [5, 5.41) is 8.36. The van der Waals surface area contributed by atoms with Crippen LogP contribution in [0.3, 0.4) is 0 Å². The molecular formula is C18H33N3. The molecule has 1 fully saturated rings. The number of aryl methyl sites for hydroxylation is 2. The van der Waals surface area contributed by atoms with Crippen LogP contribution in [0, 0.1) is 25.7 Å². The molecule has 1 aromatic rings. The fraction of sp³-hybridized carbons (Fsp3) is 0.833. The van der Waals surface area contributed by atoms with Crippen LogP contribution in [0.15, 0.2) is 0 Å². The number of nitrogens with zero attached hydrogens (tertiary/aromatic N) is 2. The van der Waals surface area contributed by atoms with Gasteiger partial charge in [0.05, 0.1) is 5.69 Å². The van der Waals surface area contributed by atoms with Crippen molar-refractivity contribution in [3.8, 4) is 0 Å². The molecule has 3 heteroatoms. The first kappa shape index (κ1) is 16.5. The third-order valence-electron chi connectivity index (χ3n) is 5.22. The second-order valence-corrected chi connectivity index (χ2v) is 7.00. The second kappa shape index (κ2) is 7.44. The van der Waals surface area contributed by atoms with Gasteiger partial charge in [0.2, 0.25) is 0 Å². The topological polar surface area (TPSA) is 29.9 Å². The van der Waals surface area contributed by atoms with Crippen molar-refractivity contribution in [2.75, 3.05) is 6.54 Å². The average Bonchev–Trinajstić information content (AvgIpc) is 2.73. The SMILES string of the molecule is CCn1nc(C)c(C(C)NCCC2CCCC(C)C2)c1C. The number of hydrogen-bond donors (Lipinski definition) is 1. The van der Waals surface area contributed by atoms with E-state index in [-0.39, 0.29) is 0 Å². The number of rotatable bonds is 6. The molecule has 3 unspecified atom stereocenters. The Bertz CT molecular complexity index is 450. The maximum Gasteiger partial charge on any atom is 0.0644 e. The molecule has 1 N–H and O–H groups in total. The van der Waals surface area contributed by atoms with Gasteiger partial charge in [0.15, 0.2) is 0 Å². The van der Waals surface area contributed by atoms with Crippen molar-refractivity contribution in [3.63, 3.8) is 0 Å². The second-order valence-electron chi connectivity index (χ2n) is 7.00. The maximum atomic E-state index is 4.63. The third-order valence-corrected chi connectivity index (χ3v) is 5.22. The third kappa shape index (κ3) is 4.09. The van der Waals surface area contributed by atoms with E-state index in [0.29, 0.717) is 6.04 Å². The van der Waals surface area contributed by atoms with E-state index in [9.17, 15) is 0 Å². The molecule has 21 heavy (non-hydrogen) atoms. The molecule has 2 rings (SSSR count). The smallest absolute Gasteiger partial charge is 0.0644 e. The molecule has 1 aromatic heterocycles. The minimum Gasteiger partial charge on any atom is -0.310 e. The summed E-state index contributed by atoms with van der Waals surface area (Å²) < 4.78 is 2.12. The zero-order valence-electron chi connectivity index (χ0n) is 14.6. The van der Waals surface area contributed by atoms with Gasteiger partial charge in [-0.3, -0.25) is 4.68 Å². The zero-order valence-corrected chi connectivity index (χ0v) is 14.6. The Morgan fingerprint density at radius 1 is 1.33 bits per heavy atom. The summed E-state index contributed by atoms with van der Waals surface area (Å²) in [5.74, 6) is 1.88. The molecule has 120 valence electrons. The minimum atomic E-state index is 0.409. The lowest BCUT2D eigenvalue weighted by Gasteiger charge is -2.27. The van der Waals surface area contributed by atoms with Crippen LogP contribution in [0.1, 0.15) is 75.9 Å². The summed E-state index contributed by atoms with van der Waals surface area (Å²) in [4.78, 5) is 0. The fourth-order valence-corrected chi connectivity index (χ4v) is 4.07. The molecule has 0 radical (unpaired) electrons. The van der Waals surface area contributed by atoms with Gasteiger partial charge in [-0.1, -0.05) is 26.2 Å². The maximum absolute atomic E-state index is 4.63. The van der Waals surface area contributed by atoms with Crippen LogP contribution in [0.2, 0.25) is 0 Å². The van der Waals surface area contributed by atoms with Crippen molar-refractivity contribution in [3.05, 3.63) is 17.0 Å². The summed E-state index contributed by atoms with van der Waals surface area (Å²) in [6.45, 7) is 13.3. The van der Waals surface area contributed by atoms with Crippen LogP contribution in [-0.4, -0.2) is 16.3 Å². The van der Waals surface area contributed by atoms with E-state index in [4.69, 9.17) is 0 Å². The molecule has 0 saturated heterocycles. The first-order valence-electron chi connectivity index (χ1n) is 8.80. The van der Waals surface area contributed by atoms with Gasteiger partial charge in [0.1, 0.15) is 0 Å². The van der Waals surface area contributed by atoms with E-state index < -0.39 is 0 Å². The highest BCUT2D eigenvalue weighted by Gasteiger charge is 2.20. The lowest BCUT2D eigenvalue weighted by Crippen LogP contribution is -2.24. The van der Waals surface area contributed by atoms with Crippen LogP contribution >= 0.6 is 0 Å². The summed E-state index contributed by atoms with van der Waals surface area (Å²) in [6.07, 6.45) is 7.07. The van der Waals surface area contributed by atoms with Gasteiger partial charge >= 0.3 is 0 Å². The Hall–Kier alpha value is -0.830. The van der Waals surface area contributed by atoms with Crippen molar-refractivity contribution < 1.29 is 0 Å². The highest BCUT2D eigenvalue weighted by atomic mass is 15.3.